The van der Waals surface area contributed by atoms with Gasteiger partial charge >= 0.3 is 6.09 Å². The molecular weight excluding hydrogens is 534 g/mol. The molecular formula is C32H49N5O5. The number of ether oxygens (including phenoxy) is 2. The molecule has 2 N–H and O–H groups in total. The van der Waals surface area contributed by atoms with Crippen LogP contribution in [0.3, 0.4) is 0 Å². The molecule has 0 radical (unpaired) electrons. The summed E-state index contributed by atoms with van der Waals surface area (Å²) in [6.45, 7) is 9.69. The number of carbonyl (C=O) groups excluding carboxylic acids is 2. The summed E-state index contributed by atoms with van der Waals surface area (Å²) in [6, 6.07) is 2.13. The highest BCUT2D eigenvalue weighted by molar-refractivity contribution is 5.98. The molecule has 6 atom stereocenters. The summed E-state index contributed by atoms with van der Waals surface area (Å²) < 4.78 is 12.0. The summed E-state index contributed by atoms with van der Waals surface area (Å²) in [5.74, 6) is 0.234. The van der Waals surface area contributed by atoms with Crippen molar-refractivity contribution in [2.75, 3.05) is 26.7 Å². The van der Waals surface area contributed by atoms with Gasteiger partial charge in [-0.3, -0.25) is 9.69 Å². The number of aliphatic hydroxyl groups excluding tert-OH is 1. The van der Waals surface area contributed by atoms with Crippen molar-refractivity contribution in [3.63, 3.8) is 0 Å². The molecule has 232 valence electrons. The van der Waals surface area contributed by atoms with Crippen LogP contribution in [0.4, 0.5) is 4.79 Å². The molecule has 2 unspecified atom stereocenters. The Labute approximate surface area is 250 Å². The van der Waals surface area contributed by atoms with Gasteiger partial charge in [-0.25, -0.2) is 9.78 Å². The molecule has 1 spiro atoms. The smallest absolute Gasteiger partial charge is 0.410 e. The first-order valence-electron chi connectivity index (χ1n) is 15.9. The summed E-state index contributed by atoms with van der Waals surface area (Å²) >= 11 is 0. The molecule has 2 aliphatic heterocycles. The third-order valence-electron chi connectivity index (χ3n) is 9.94. The van der Waals surface area contributed by atoms with Crippen molar-refractivity contribution in [3.8, 4) is 5.88 Å². The van der Waals surface area contributed by atoms with Crippen molar-refractivity contribution in [2.45, 2.75) is 122 Å². The van der Waals surface area contributed by atoms with Crippen molar-refractivity contribution >= 4 is 17.6 Å². The van der Waals surface area contributed by atoms with Crippen molar-refractivity contribution in [1.29, 1.82) is 5.41 Å². The normalized spacial score (nSPS) is 31.4. The molecule has 1 amide bonds. The second kappa shape index (κ2) is 12.2. The quantitative estimate of drug-likeness (QED) is 0.461. The zero-order valence-electron chi connectivity index (χ0n) is 26.0. The van der Waals surface area contributed by atoms with Gasteiger partial charge in [0.1, 0.15) is 17.5 Å². The molecule has 3 heterocycles. The largest absolute Gasteiger partial charge is 0.473 e. The molecule has 2 aliphatic carbocycles. The fourth-order valence-electron chi connectivity index (χ4n) is 7.61. The van der Waals surface area contributed by atoms with E-state index in [-0.39, 0.29) is 41.5 Å². The molecule has 0 bridgehead atoms. The predicted octanol–water partition coefficient (Wildman–Crippen LogP) is 4.72. The molecule has 4 aliphatic rings. The first kappa shape index (κ1) is 30.9. The third-order valence-corrected chi connectivity index (χ3v) is 9.94. The molecule has 5 rings (SSSR count). The number of nitrogens with zero attached hydrogens (tertiary/aromatic N) is 4. The topological polar surface area (TPSA) is 129 Å². The Balaban J connectivity index is 1.42. The number of likely N-dealkylation sites (N-methyl/N-ethyl adjacent to an activating group) is 1. The van der Waals surface area contributed by atoms with E-state index in [9.17, 15) is 20.1 Å². The number of Topliss-reactive ketones (excluding diaryl/α,β-unsaturated/α-hetero) is 1. The van der Waals surface area contributed by atoms with Gasteiger partial charge in [0.05, 0.1) is 22.9 Å². The number of aromatic nitrogens is 2. The number of ketones is 1. The van der Waals surface area contributed by atoms with E-state index >= 15 is 0 Å². The van der Waals surface area contributed by atoms with E-state index in [2.05, 4.69) is 18.9 Å². The molecule has 2 saturated heterocycles. The van der Waals surface area contributed by atoms with Gasteiger partial charge in [-0.2, -0.15) is 4.98 Å². The number of hydrogen-bond acceptors (Lipinski definition) is 9. The van der Waals surface area contributed by atoms with Gasteiger partial charge in [-0.15, -0.1) is 0 Å². The van der Waals surface area contributed by atoms with Crippen LogP contribution in [0.2, 0.25) is 0 Å². The summed E-state index contributed by atoms with van der Waals surface area (Å²) in [5, 5.41) is 20.8. The molecule has 1 aromatic rings. The van der Waals surface area contributed by atoms with Gasteiger partial charge in [0.2, 0.25) is 5.88 Å². The zero-order chi connectivity index (χ0) is 30.2. The zero-order valence-corrected chi connectivity index (χ0v) is 26.0. The Bertz CT molecular complexity index is 1180. The fourth-order valence-corrected chi connectivity index (χ4v) is 7.61. The minimum absolute atomic E-state index is 0.0542. The van der Waals surface area contributed by atoms with Gasteiger partial charge in [0, 0.05) is 43.5 Å². The standard InChI is InChI=1S/C32H49N5O5/c1-20(24-11-9-16-36(24)5)41-26-18-23(21-13-17-37(19-21)30(40)42-31(2,3)4)34-29(35-26)27(33)22-10-8-15-32(28(22)39)14-7-6-12-25(32)38/h18,20-22,24,28,33,39H,6-17,19H2,1-5H3/t20-,21?,22?,24-,28+,32+/m0/s1. The average Bonchev–Trinajstić information content (AvgIpc) is 3.60. The second-order valence-electron chi connectivity index (χ2n) is 14.0. The maximum Gasteiger partial charge on any atom is 0.410 e. The lowest BCUT2D eigenvalue weighted by Crippen LogP contribution is -2.52. The second-order valence-corrected chi connectivity index (χ2v) is 14.0. The number of amides is 1. The first-order chi connectivity index (χ1) is 19.9. The Morgan fingerprint density at radius 2 is 1.88 bits per heavy atom. The predicted molar refractivity (Wildman–Crippen MR) is 159 cm³/mol. The van der Waals surface area contributed by atoms with E-state index in [0.29, 0.717) is 51.1 Å². The lowest BCUT2D eigenvalue weighted by Gasteiger charge is -2.46. The molecule has 2 saturated carbocycles. The molecule has 1 aromatic heterocycles. The Hall–Kier alpha value is -2.59. The van der Waals surface area contributed by atoms with Crippen LogP contribution in [0.5, 0.6) is 5.88 Å². The van der Waals surface area contributed by atoms with E-state index in [1.54, 1.807) is 4.90 Å². The average molecular weight is 584 g/mol. The Morgan fingerprint density at radius 3 is 2.57 bits per heavy atom. The van der Waals surface area contributed by atoms with Crippen molar-refractivity contribution in [2.24, 2.45) is 11.3 Å². The highest BCUT2D eigenvalue weighted by Crippen LogP contribution is 2.48. The third kappa shape index (κ3) is 6.34. The van der Waals surface area contributed by atoms with Crippen LogP contribution < -0.4 is 4.74 Å². The van der Waals surface area contributed by atoms with E-state index in [1.807, 2.05) is 26.8 Å². The molecule has 10 heteroatoms. The molecule has 10 nitrogen and oxygen atoms in total. The Kier molecular flexibility index (Phi) is 8.95. The lowest BCUT2D eigenvalue weighted by atomic mass is 9.59. The Morgan fingerprint density at radius 1 is 1.12 bits per heavy atom. The van der Waals surface area contributed by atoms with E-state index < -0.39 is 23.0 Å². The van der Waals surface area contributed by atoms with Gasteiger partial charge < -0.3 is 24.9 Å². The van der Waals surface area contributed by atoms with Crippen LogP contribution in [-0.2, 0) is 9.53 Å². The number of likely N-dealkylation sites (tertiary alicyclic amines) is 2. The molecule has 42 heavy (non-hydrogen) atoms. The van der Waals surface area contributed by atoms with Gasteiger partial charge in [0.25, 0.3) is 0 Å². The van der Waals surface area contributed by atoms with Crippen LogP contribution >= 0.6 is 0 Å². The van der Waals surface area contributed by atoms with E-state index in [4.69, 9.17) is 19.4 Å². The minimum atomic E-state index is -0.914. The van der Waals surface area contributed by atoms with Crippen LogP contribution in [0.1, 0.15) is 109 Å². The summed E-state index contributed by atoms with van der Waals surface area (Å²) in [4.78, 5) is 39.5. The number of hydrogen-bond donors (Lipinski definition) is 2. The van der Waals surface area contributed by atoms with Crippen LogP contribution in [0, 0.1) is 16.7 Å². The SMILES string of the molecule is C[C@H](Oc1cc(C2CCN(C(=O)OC(C)(C)C)C2)nc(C(=N)C2CCC[C@@]3(CCCCC3=O)[C@@H]2O)n1)[C@@H]1CCCN1C. The van der Waals surface area contributed by atoms with Gasteiger partial charge in [0.15, 0.2) is 5.82 Å². The van der Waals surface area contributed by atoms with E-state index in [0.717, 1.165) is 44.3 Å². The number of rotatable bonds is 6. The van der Waals surface area contributed by atoms with Gasteiger partial charge in [-0.05, 0) is 86.2 Å². The summed E-state index contributed by atoms with van der Waals surface area (Å²) in [6.07, 6.45) is 6.62. The number of aliphatic hydroxyl groups is 1. The minimum Gasteiger partial charge on any atom is -0.473 e. The lowest BCUT2D eigenvalue weighted by molar-refractivity contribution is -0.145. The monoisotopic (exact) mass is 583 g/mol. The van der Waals surface area contributed by atoms with Crippen molar-refractivity contribution in [1.82, 2.24) is 19.8 Å². The maximum atomic E-state index is 13.1. The summed E-state index contributed by atoms with van der Waals surface area (Å²) in [5.41, 5.74) is -0.439. The number of carbonyl (C=O) groups is 2. The van der Waals surface area contributed by atoms with Crippen LogP contribution in [0.25, 0.3) is 0 Å². The van der Waals surface area contributed by atoms with Crippen molar-refractivity contribution < 1.29 is 24.2 Å². The number of nitrogens with one attached hydrogen (secondary N) is 1. The van der Waals surface area contributed by atoms with Crippen LogP contribution in [-0.4, -0.2) is 93.0 Å². The highest BCUT2D eigenvalue weighted by atomic mass is 16.6. The molecule has 0 aromatic carbocycles. The summed E-state index contributed by atoms with van der Waals surface area (Å²) in [7, 11) is 2.11. The van der Waals surface area contributed by atoms with E-state index in [1.165, 1.54) is 0 Å². The van der Waals surface area contributed by atoms with Crippen LogP contribution in [0.15, 0.2) is 6.07 Å². The highest BCUT2D eigenvalue weighted by Gasteiger charge is 2.52. The molecule has 4 fully saturated rings. The van der Waals surface area contributed by atoms with Crippen molar-refractivity contribution in [3.05, 3.63) is 17.6 Å². The first-order valence-corrected chi connectivity index (χ1v) is 15.9. The fraction of sp³-hybridized carbons (Fsp3) is 0.781. The maximum absolute atomic E-state index is 13.1. The van der Waals surface area contributed by atoms with Gasteiger partial charge in [-0.1, -0.05) is 12.8 Å².